The highest BCUT2D eigenvalue weighted by molar-refractivity contribution is 8.00. The fraction of sp³-hybridized carbons (Fsp3) is 0.400. The van der Waals surface area contributed by atoms with Gasteiger partial charge in [0.25, 0.3) is 5.56 Å². The van der Waals surface area contributed by atoms with Gasteiger partial charge in [0.05, 0.1) is 46.9 Å². The third-order valence-corrected chi connectivity index (χ3v) is 8.98. The number of hydrogen-bond acceptors (Lipinski definition) is 8. The van der Waals surface area contributed by atoms with Gasteiger partial charge in [-0.05, 0) is 50.2 Å². The second-order valence-corrected chi connectivity index (χ2v) is 11.9. The molecule has 1 amide bonds. The Hall–Kier alpha value is -2.77. The smallest absolute Gasteiger partial charge is 0.262 e. The van der Waals surface area contributed by atoms with Crippen LogP contribution >= 0.6 is 11.8 Å². The zero-order valence-corrected chi connectivity index (χ0v) is 22.5. The van der Waals surface area contributed by atoms with Gasteiger partial charge in [-0.2, -0.15) is 4.31 Å². The van der Waals surface area contributed by atoms with Gasteiger partial charge in [-0.15, -0.1) is 0 Å². The van der Waals surface area contributed by atoms with E-state index in [0.717, 1.165) is 0 Å². The third kappa shape index (κ3) is 6.04. The summed E-state index contributed by atoms with van der Waals surface area (Å²) >= 11 is 1.18. The maximum absolute atomic E-state index is 13.2. The summed E-state index contributed by atoms with van der Waals surface area (Å²) in [7, 11) is -2.05. The first-order chi connectivity index (χ1) is 17.7. The Labute approximate surface area is 220 Å². The fourth-order valence-corrected chi connectivity index (χ4v) is 6.43. The van der Waals surface area contributed by atoms with Crippen molar-refractivity contribution in [2.45, 2.75) is 35.2 Å². The van der Waals surface area contributed by atoms with Gasteiger partial charge in [0, 0.05) is 25.9 Å². The van der Waals surface area contributed by atoms with Crippen molar-refractivity contribution < 1.29 is 22.7 Å². The first-order valence-electron chi connectivity index (χ1n) is 11.9. The number of benzene rings is 2. The second kappa shape index (κ2) is 11.7. The van der Waals surface area contributed by atoms with Crippen molar-refractivity contribution in [3.8, 4) is 0 Å². The summed E-state index contributed by atoms with van der Waals surface area (Å²) in [6.45, 7) is 5.26. The monoisotopic (exact) mass is 546 g/mol. The number of methoxy groups -OCH3 is 1. The van der Waals surface area contributed by atoms with Crippen LogP contribution in [0.25, 0.3) is 10.9 Å². The van der Waals surface area contributed by atoms with Gasteiger partial charge in [-0.25, -0.2) is 13.4 Å². The number of morpholine rings is 1. The van der Waals surface area contributed by atoms with Crippen LogP contribution in [0.5, 0.6) is 0 Å². The van der Waals surface area contributed by atoms with Gasteiger partial charge in [-0.1, -0.05) is 23.9 Å². The van der Waals surface area contributed by atoms with Crippen LogP contribution in [0.4, 0.5) is 5.69 Å². The lowest BCUT2D eigenvalue weighted by atomic mass is 10.2. The molecule has 2 heterocycles. The molecule has 2 aromatic carbocycles. The molecule has 0 bridgehead atoms. The molecule has 1 aliphatic rings. The molecule has 1 aliphatic heterocycles. The highest BCUT2D eigenvalue weighted by atomic mass is 32.2. The largest absolute Gasteiger partial charge is 0.383 e. The first-order valence-corrected chi connectivity index (χ1v) is 14.2. The maximum Gasteiger partial charge on any atom is 0.262 e. The normalized spacial score (nSPS) is 16.4. The van der Waals surface area contributed by atoms with E-state index >= 15 is 0 Å². The summed E-state index contributed by atoms with van der Waals surface area (Å²) < 4.78 is 39.1. The van der Waals surface area contributed by atoms with Gasteiger partial charge in [-0.3, -0.25) is 14.2 Å². The van der Waals surface area contributed by atoms with Gasteiger partial charge in [0.1, 0.15) is 0 Å². The van der Waals surface area contributed by atoms with Crippen LogP contribution in [0.1, 0.15) is 19.9 Å². The molecular weight excluding hydrogens is 516 g/mol. The minimum absolute atomic E-state index is 0.159. The summed E-state index contributed by atoms with van der Waals surface area (Å²) in [6.07, 6.45) is 0. The number of hydrogen-bond donors (Lipinski definition) is 1. The van der Waals surface area contributed by atoms with Gasteiger partial charge >= 0.3 is 0 Å². The average molecular weight is 547 g/mol. The number of rotatable bonds is 9. The number of para-hydroxylation sites is 1. The van der Waals surface area contributed by atoms with E-state index in [2.05, 4.69) is 10.3 Å². The van der Waals surface area contributed by atoms with Crippen LogP contribution in [0.2, 0.25) is 0 Å². The third-order valence-electron chi connectivity index (χ3n) is 6.01. The number of carbonyl (C=O) groups is 1. The molecule has 10 nitrogen and oxygen atoms in total. The molecule has 12 heteroatoms. The standard InChI is InChI=1S/C25H30N4O6S2/c1-17(16-34-3)29-24(31)21-6-4-5-7-22(21)27-25(29)36-18(2)23(30)26-19-8-10-20(11-9-19)37(32,33)28-12-14-35-15-13-28/h4-11,17-18H,12-16H2,1-3H3,(H,26,30)/t17-,18+/m1/s1. The zero-order chi connectivity index (χ0) is 26.6. The Morgan fingerprint density at radius 3 is 2.49 bits per heavy atom. The Bertz CT molecular complexity index is 1420. The quantitative estimate of drug-likeness (QED) is 0.321. The number of nitrogens with zero attached hydrogens (tertiary/aromatic N) is 3. The van der Waals surface area contributed by atoms with E-state index in [9.17, 15) is 18.0 Å². The van der Waals surface area contributed by atoms with Crippen molar-refractivity contribution in [2.24, 2.45) is 0 Å². The van der Waals surface area contributed by atoms with Crippen LogP contribution in [-0.2, 0) is 24.3 Å². The Morgan fingerprint density at radius 1 is 1.14 bits per heavy atom. The molecule has 198 valence electrons. The fourth-order valence-electron chi connectivity index (χ4n) is 4.01. The summed E-state index contributed by atoms with van der Waals surface area (Å²) in [6, 6.07) is 12.9. The van der Waals surface area contributed by atoms with Gasteiger partial charge in [0.15, 0.2) is 5.16 Å². The number of fused-ring (bicyclic) bond motifs is 1. The molecular formula is C25H30N4O6S2. The van der Waals surface area contributed by atoms with E-state index < -0.39 is 15.3 Å². The molecule has 0 radical (unpaired) electrons. The number of aromatic nitrogens is 2. The minimum atomic E-state index is -3.62. The van der Waals surface area contributed by atoms with Crippen LogP contribution < -0.4 is 10.9 Å². The Balaban J connectivity index is 1.51. The van der Waals surface area contributed by atoms with E-state index in [-0.39, 0.29) is 22.4 Å². The minimum Gasteiger partial charge on any atom is -0.383 e. The number of amides is 1. The van der Waals surface area contributed by atoms with Crippen LogP contribution in [-0.4, -0.2) is 73.5 Å². The SMILES string of the molecule is COC[C@@H](C)n1c(S[C@@H](C)C(=O)Nc2ccc(S(=O)(=O)N3CCOCC3)cc2)nc2ccccc2c1=O. The second-order valence-electron chi connectivity index (χ2n) is 8.68. The Morgan fingerprint density at radius 2 is 1.81 bits per heavy atom. The topological polar surface area (TPSA) is 120 Å². The predicted octanol–water partition coefficient (Wildman–Crippen LogP) is 2.74. The molecule has 0 spiro atoms. The van der Waals surface area contributed by atoms with Crippen molar-refractivity contribution >= 4 is 44.3 Å². The summed E-state index contributed by atoms with van der Waals surface area (Å²) in [5.41, 5.74) is 0.831. The summed E-state index contributed by atoms with van der Waals surface area (Å²) in [5, 5.41) is 3.14. The molecule has 1 saturated heterocycles. The molecule has 0 unspecified atom stereocenters. The van der Waals surface area contributed by atoms with Crippen molar-refractivity contribution in [3.63, 3.8) is 0 Å². The number of ether oxygens (including phenoxy) is 2. The molecule has 2 atom stereocenters. The van der Waals surface area contributed by atoms with E-state index in [1.165, 1.54) is 28.2 Å². The van der Waals surface area contributed by atoms with Crippen LogP contribution in [0, 0.1) is 0 Å². The lowest BCUT2D eigenvalue weighted by Gasteiger charge is -2.26. The van der Waals surface area contributed by atoms with Crippen LogP contribution in [0.3, 0.4) is 0 Å². The molecule has 0 saturated carbocycles. The highest BCUT2D eigenvalue weighted by Crippen LogP contribution is 2.26. The number of anilines is 1. The van der Waals surface area contributed by atoms with E-state index in [4.69, 9.17) is 9.47 Å². The molecule has 37 heavy (non-hydrogen) atoms. The molecule has 1 N–H and O–H groups in total. The number of sulfonamides is 1. The van der Waals surface area contributed by atoms with Crippen LogP contribution in [0.15, 0.2) is 63.4 Å². The number of nitrogens with one attached hydrogen (secondary N) is 1. The van der Waals surface area contributed by atoms with Crippen molar-refractivity contribution in [2.75, 3.05) is 45.3 Å². The lowest BCUT2D eigenvalue weighted by Crippen LogP contribution is -2.40. The molecule has 0 aliphatic carbocycles. The average Bonchev–Trinajstić information content (AvgIpc) is 2.89. The highest BCUT2D eigenvalue weighted by Gasteiger charge is 2.26. The van der Waals surface area contributed by atoms with Crippen molar-refractivity contribution in [3.05, 3.63) is 58.9 Å². The maximum atomic E-state index is 13.2. The predicted molar refractivity (Wildman–Crippen MR) is 143 cm³/mol. The van der Waals surface area contributed by atoms with E-state index in [1.54, 1.807) is 48.9 Å². The first kappa shape index (κ1) is 27.3. The summed E-state index contributed by atoms with van der Waals surface area (Å²) in [5.74, 6) is -0.304. The molecule has 1 aromatic heterocycles. The zero-order valence-electron chi connectivity index (χ0n) is 20.9. The van der Waals surface area contributed by atoms with Crippen molar-refractivity contribution in [1.82, 2.24) is 13.9 Å². The van der Waals surface area contributed by atoms with Gasteiger partial charge < -0.3 is 14.8 Å². The Kier molecular flexibility index (Phi) is 8.65. The molecule has 1 fully saturated rings. The summed E-state index contributed by atoms with van der Waals surface area (Å²) in [4.78, 5) is 31.0. The van der Waals surface area contributed by atoms with E-state index in [0.29, 0.717) is 54.7 Å². The number of thioether (sulfide) groups is 1. The van der Waals surface area contributed by atoms with E-state index in [1.807, 2.05) is 13.0 Å². The van der Waals surface area contributed by atoms with Gasteiger partial charge in [0.2, 0.25) is 15.9 Å². The molecule has 4 rings (SSSR count). The van der Waals surface area contributed by atoms with Crippen molar-refractivity contribution in [1.29, 1.82) is 0 Å². The number of carbonyl (C=O) groups excluding carboxylic acids is 1. The molecule has 3 aromatic rings. The lowest BCUT2D eigenvalue weighted by molar-refractivity contribution is -0.115.